The summed E-state index contributed by atoms with van der Waals surface area (Å²) in [5.41, 5.74) is 2.21. The van der Waals surface area contributed by atoms with Gasteiger partial charge in [0.1, 0.15) is 17.6 Å². The highest BCUT2D eigenvalue weighted by Crippen LogP contribution is 2.36. The predicted octanol–water partition coefficient (Wildman–Crippen LogP) is 6.76. The number of benzene rings is 4. The Hall–Kier alpha value is -5.22. The number of halogens is 1. The van der Waals surface area contributed by atoms with E-state index in [2.05, 4.69) is 31.2 Å². The normalized spacial score (nSPS) is 10.9. The summed E-state index contributed by atoms with van der Waals surface area (Å²) in [7, 11) is 3.10. The minimum Gasteiger partial charge on any atom is -0.493 e. The maximum Gasteiger partial charge on any atom is 0.261 e. The van der Waals surface area contributed by atoms with Gasteiger partial charge in [0.2, 0.25) is 11.3 Å². The van der Waals surface area contributed by atoms with Crippen molar-refractivity contribution in [2.45, 2.75) is 0 Å². The fourth-order valence-electron chi connectivity index (χ4n) is 4.64. The average molecular weight is 623 g/mol. The summed E-state index contributed by atoms with van der Waals surface area (Å²) in [6, 6.07) is 25.1. The zero-order valence-corrected chi connectivity index (χ0v) is 24.1. The van der Waals surface area contributed by atoms with E-state index < -0.39 is 5.91 Å². The number of anilines is 1. The van der Waals surface area contributed by atoms with Crippen molar-refractivity contribution in [2.75, 3.05) is 19.5 Å². The van der Waals surface area contributed by atoms with E-state index in [1.807, 2.05) is 41.0 Å². The van der Waals surface area contributed by atoms with Crippen LogP contribution in [0.15, 0.2) is 107 Å². The van der Waals surface area contributed by atoms with Crippen LogP contribution in [0.2, 0.25) is 0 Å². The molecule has 208 valence electrons. The van der Waals surface area contributed by atoms with Crippen molar-refractivity contribution >= 4 is 49.3 Å². The molecule has 10 heteroatoms. The highest BCUT2D eigenvalue weighted by molar-refractivity contribution is 9.10. The van der Waals surface area contributed by atoms with Gasteiger partial charge in [-0.15, -0.1) is 0 Å². The number of hydrogen-bond donors (Lipinski definition) is 1. The summed E-state index contributed by atoms with van der Waals surface area (Å²) < 4.78 is 19.6. The Balaban J connectivity index is 1.32. The number of ether oxygens (including phenoxy) is 3. The molecule has 9 nitrogen and oxygen atoms in total. The smallest absolute Gasteiger partial charge is 0.261 e. The zero-order chi connectivity index (χ0) is 29.2. The molecule has 0 unspecified atom stereocenters. The second-order valence-corrected chi connectivity index (χ2v) is 10.1. The molecule has 4 aromatic carbocycles. The van der Waals surface area contributed by atoms with E-state index in [-0.39, 0.29) is 11.0 Å². The Kier molecular flexibility index (Phi) is 7.28. The van der Waals surface area contributed by atoms with Crippen LogP contribution in [0, 0.1) is 0 Å². The largest absolute Gasteiger partial charge is 0.493 e. The van der Waals surface area contributed by atoms with E-state index in [9.17, 15) is 9.59 Å². The van der Waals surface area contributed by atoms with E-state index in [0.29, 0.717) is 50.6 Å². The molecule has 0 aliphatic heterocycles. The van der Waals surface area contributed by atoms with Gasteiger partial charge < -0.3 is 24.1 Å². The van der Waals surface area contributed by atoms with Crippen molar-refractivity contribution in [1.82, 2.24) is 14.5 Å². The summed E-state index contributed by atoms with van der Waals surface area (Å²) in [4.78, 5) is 35.5. The topological polar surface area (TPSA) is 105 Å². The molecule has 0 saturated heterocycles. The Labute approximate surface area is 248 Å². The third kappa shape index (κ3) is 5.15. The van der Waals surface area contributed by atoms with Gasteiger partial charge in [-0.1, -0.05) is 34.1 Å². The van der Waals surface area contributed by atoms with Crippen molar-refractivity contribution in [3.63, 3.8) is 0 Å². The Morgan fingerprint density at radius 3 is 2.40 bits per heavy atom. The molecule has 6 aromatic rings. The molecule has 6 rings (SSSR count). The van der Waals surface area contributed by atoms with Crippen LogP contribution < -0.4 is 25.0 Å². The second-order valence-electron chi connectivity index (χ2n) is 9.22. The lowest BCUT2D eigenvalue weighted by Crippen LogP contribution is -2.23. The summed E-state index contributed by atoms with van der Waals surface area (Å²) >= 11 is 3.45. The van der Waals surface area contributed by atoms with Crippen LogP contribution in [-0.2, 0) is 0 Å². The first-order valence-corrected chi connectivity index (χ1v) is 13.6. The number of carbonyl (C=O) groups is 1. The molecular formula is C32H23BrN4O5. The molecule has 2 aromatic heterocycles. The van der Waals surface area contributed by atoms with E-state index in [4.69, 9.17) is 14.2 Å². The highest BCUT2D eigenvalue weighted by Gasteiger charge is 2.17. The number of methoxy groups -OCH3 is 2. The number of nitrogens with one attached hydrogen (secondary N) is 1. The summed E-state index contributed by atoms with van der Waals surface area (Å²) in [6.45, 7) is 0. The Morgan fingerprint density at radius 2 is 1.62 bits per heavy atom. The zero-order valence-electron chi connectivity index (χ0n) is 22.5. The molecule has 0 radical (unpaired) electrons. The number of carbonyl (C=O) groups excluding carboxylic acids is 1. The summed E-state index contributed by atoms with van der Waals surface area (Å²) in [6.07, 6.45) is 2.96. The Bertz CT molecular complexity index is 2030. The first kappa shape index (κ1) is 27.0. The van der Waals surface area contributed by atoms with Gasteiger partial charge in [-0.2, -0.15) is 0 Å². The predicted molar refractivity (Wildman–Crippen MR) is 164 cm³/mol. The first-order valence-electron chi connectivity index (χ1n) is 12.8. The lowest BCUT2D eigenvalue weighted by Gasteiger charge is -2.14. The molecule has 0 spiro atoms. The molecule has 0 fully saturated rings. The van der Waals surface area contributed by atoms with E-state index in [1.54, 1.807) is 68.9 Å². The average Bonchev–Trinajstić information content (AvgIpc) is 3.01. The Morgan fingerprint density at radius 1 is 0.857 bits per heavy atom. The summed E-state index contributed by atoms with van der Waals surface area (Å²) in [5, 5.41) is 3.90. The van der Waals surface area contributed by atoms with Crippen LogP contribution in [0.4, 0.5) is 5.69 Å². The molecule has 0 saturated carbocycles. The molecule has 0 aliphatic rings. The number of amides is 1. The first-order chi connectivity index (χ1) is 20.4. The van der Waals surface area contributed by atoms with Gasteiger partial charge in [-0.05, 0) is 54.6 Å². The van der Waals surface area contributed by atoms with Gasteiger partial charge in [0, 0.05) is 39.6 Å². The number of aromatic nitrogens is 3. The third-order valence-corrected chi connectivity index (χ3v) is 7.20. The quantitative estimate of drug-likeness (QED) is 0.210. The van der Waals surface area contributed by atoms with Crippen LogP contribution in [0.3, 0.4) is 0 Å². The fourth-order valence-corrected chi connectivity index (χ4v) is 4.91. The van der Waals surface area contributed by atoms with Crippen molar-refractivity contribution < 1.29 is 19.0 Å². The maximum atomic E-state index is 13.5. The van der Waals surface area contributed by atoms with Crippen LogP contribution in [0.25, 0.3) is 27.5 Å². The standard InChI is InChI=1S/C32H23BrN4O5/c1-40-28-15-24-26(16-29(28)41-2)34-18-35-32(24)42-22-7-5-6-20(14-22)36-31(39)25-17-37(21-12-10-19(33)11-13-21)27-9-4-3-8-23(27)30(25)38/h3-18H,1-2H3,(H,36,39). The molecule has 2 heterocycles. The molecule has 1 N–H and O–H groups in total. The minimum absolute atomic E-state index is 0.00535. The third-order valence-electron chi connectivity index (χ3n) is 6.67. The van der Waals surface area contributed by atoms with E-state index >= 15 is 0 Å². The van der Waals surface area contributed by atoms with Gasteiger partial charge in [0.15, 0.2) is 11.5 Å². The lowest BCUT2D eigenvalue weighted by molar-refractivity contribution is 0.102. The van der Waals surface area contributed by atoms with Crippen LogP contribution in [-0.4, -0.2) is 34.7 Å². The molecule has 42 heavy (non-hydrogen) atoms. The van der Waals surface area contributed by atoms with Crippen molar-refractivity contribution in [1.29, 1.82) is 0 Å². The fraction of sp³-hybridized carbons (Fsp3) is 0.0625. The van der Waals surface area contributed by atoms with Crippen LogP contribution in [0.1, 0.15) is 10.4 Å². The number of fused-ring (bicyclic) bond motifs is 2. The van der Waals surface area contributed by atoms with Crippen molar-refractivity contribution in [3.8, 4) is 28.8 Å². The second kappa shape index (κ2) is 11.3. The molecule has 0 aliphatic carbocycles. The van der Waals surface area contributed by atoms with E-state index in [0.717, 1.165) is 10.2 Å². The van der Waals surface area contributed by atoms with Crippen LogP contribution >= 0.6 is 15.9 Å². The molecular weight excluding hydrogens is 600 g/mol. The number of nitrogens with zero attached hydrogens (tertiary/aromatic N) is 3. The molecule has 0 atom stereocenters. The van der Waals surface area contributed by atoms with Gasteiger partial charge in [-0.3, -0.25) is 9.59 Å². The lowest BCUT2D eigenvalue weighted by atomic mass is 10.1. The highest BCUT2D eigenvalue weighted by atomic mass is 79.9. The number of rotatable bonds is 7. The van der Waals surface area contributed by atoms with Gasteiger partial charge in [0.05, 0.1) is 30.6 Å². The van der Waals surface area contributed by atoms with Gasteiger partial charge >= 0.3 is 0 Å². The monoisotopic (exact) mass is 622 g/mol. The van der Waals surface area contributed by atoms with E-state index in [1.165, 1.54) is 6.33 Å². The maximum absolute atomic E-state index is 13.5. The SMILES string of the molecule is COc1cc2ncnc(Oc3cccc(NC(=O)c4cn(-c5ccc(Br)cc5)c5ccccc5c4=O)c3)c2cc1OC. The molecule has 0 bridgehead atoms. The number of pyridine rings is 1. The number of para-hydroxylation sites is 1. The van der Waals surface area contributed by atoms with Gasteiger partial charge in [-0.25, -0.2) is 9.97 Å². The molecule has 1 amide bonds. The van der Waals surface area contributed by atoms with Crippen molar-refractivity contribution in [2.24, 2.45) is 0 Å². The van der Waals surface area contributed by atoms with Crippen LogP contribution in [0.5, 0.6) is 23.1 Å². The van der Waals surface area contributed by atoms with Gasteiger partial charge in [0.25, 0.3) is 5.91 Å². The number of hydrogen-bond acceptors (Lipinski definition) is 7. The summed E-state index contributed by atoms with van der Waals surface area (Å²) in [5.74, 6) is 1.23. The van der Waals surface area contributed by atoms with Crippen molar-refractivity contribution in [3.05, 3.63) is 118 Å². The minimum atomic E-state index is -0.543.